The molecule has 0 saturated carbocycles. The lowest BCUT2D eigenvalue weighted by Crippen LogP contribution is -2.60. The van der Waals surface area contributed by atoms with Gasteiger partial charge in [-0.15, -0.1) is 0 Å². The third-order valence-corrected chi connectivity index (χ3v) is 6.67. The second kappa shape index (κ2) is 13.8. The number of carbonyl (C=O) groups excluding carboxylic acids is 2. The number of benzene rings is 2. The number of hydrogen-bond acceptors (Lipinski definition) is 7. The van der Waals surface area contributed by atoms with Gasteiger partial charge in [0.15, 0.2) is 23.2 Å². The van der Waals surface area contributed by atoms with Crippen LogP contribution in [0, 0.1) is 29.2 Å². The van der Waals surface area contributed by atoms with Crippen molar-refractivity contribution in [2.24, 2.45) is 5.92 Å². The Hall–Kier alpha value is -3.71. The number of halogens is 4. The van der Waals surface area contributed by atoms with Gasteiger partial charge in [-0.05, 0) is 31.2 Å². The number of para-hydroxylation sites is 1. The van der Waals surface area contributed by atoms with E-state index >= 15 is 0 Å². The fourth-order valence-corrected chi connectivity index (χ4v) is 4.57. The maximum Gasteiger partial charge on any atom is 0.305 e. The summed E-state index contributed by atoms with van der Waals surface area (Å²) < 4.78 is 71.3. The Labute approximate surface area is 234 Å². The molecule has 0 aromatic heterocycles. The molecular weight excluding hydrogens is 552 g/mol. The number of carboxylic acid groups (broad SMARTS) is 1. The molecule has 1 aliphatic rings. The van der Waals surface area contributed by atoms with E-state index < -0.39 is 77.5 Å². The van der Waals surface area contributed by atoms with Crippen molar-refractivity contribution >= 4 is 17.7 Å². The first-order valence-electron chi connectivity index (χ1n) is 13.0. The van der Waals surface area contributed by atoms with Crippen LogP contribution in [0.1, 0.15) is 45.1 Å². The highest BCUT2D eigenvalue weighted by Gasteiger charge is 2.42. The Morgan fingerprint density at radius 3 is 2.29 bits per heavy atom. The zero-order valence-corrected chi connectivity index (χ0v) is 22.8. The Morgan fingerprint density at radius 1 is 1.07 bits per heavy atom. The van der Waals surface area contributed by atoms with Crippen LogP contribution in [0.15, 0.2) is 30.3 Å². The Kier molecular flexibility index (Phi) is 10.7. The molecule has 1 aliphatic heterocycles. The summed E-state index contributed by atoms with van der Waals surface area (Å²) in [7, 11) is 1.50. The average molecular weight is 585 g/mol. The van der Waals surface area contributed by atoms with Gasteiger partial charge in [0.1, 0.15) is 24.1 Å². The fraction of sp³-hybridized carbons (Fsp3) is 0.464. The lowest BCUT2D eigenvalue weighted by molar-refractivity contribution is -0.143. The van der Waals surface area contributed by atoms with E-state index in [4.69, 9.17) is 14.2 Å². The fourth-order valence-electron chi connectivity index (χ4n) is 4.57. The maximum absolute atomic E-state index is 14.0. The molecule has 0 bridgehead atoms. The molecule has 0 aliphatic carbocycles. The zero-order valence-electron chi connectivity index (χ0n) is 22.8. The van der Waals surface area contributed by atoms with E-state index in [1.807, 2.05) is 0 Å². The second-order valence-electron chi connectivity index (χ2n) is 9.91. The van der Waals surface area contributed by atoms with Gasteiger partial charge in [-0.25, -0.2) is 8.78 Å². The van der Waals surface area contributed by atoms with E-state index in [9.17, 15) is 37.1 Å². The first-order valence-corrected chi connectivity index (χ1v) is 13.0. The first kappa shape index (κ1) is 31.8. The minimum atomic E-state index is -1.87. The largest absolute Gasteiger partial charge is 0.496 e. The summed E-state index contributed by atoms with van der Waals surface area (Å²) in [5.74, 6) is -11.9. The number of amides is 1. The van der Waals surface area contributed by atoms with Crippen molar-refractivity contribution in [2.45, 2.75) is 57.3 Å². The van der Waals surface area contributed by atoms with Gasteiger partial charge in [0.2, 0.25) is 17.5 Å². The molecule has 13 heteroatoms. The van der Waals surface area contributed by atoms with Gasteiger partial charge >= 0.3 is 5.97 Å². The summed E-state index contributed by atoms with van der Waals surface area (Å²) in [6.45, 7) is 2.68. The van der Waals surface area contributed by atoms with Crippen LogP contribution in [0.5, 0.6) is 11.5 Å². The summed E-state index contributed by atoms with van der Waals surface area (Å²) >= 11 is 0. The van der Waals surface area contributed by atoms with Crippen molar-refractivity contribution in [3.8, 4) is 11.5 Å². The highest BCUT2D eigenvalue weighted by Crippen LogP contribution is 2.38. The third kappa shape index (κ3) is 7.53. The molecule has 3 rings (SSSR count). The molecule has 0 spiro atoms. The van der Waals surface area contributed by atoms with Gasteiger partial charge in [0, 0.05) is 18.2 Å². The average Bonchev–Trinajstić information content (AvgIpc) is 2.94. The Bertz CT molecular complexity index is 1240. The molecule has 9 nitrogen and oxygen atoms in total. The molecule has 3 atom stereocenters. The number of ketones is 1. The van der Waals surface area contributed by atoms with E-state index in [0.29, 0.717) is 24.3 Å². The molecule has 2 aromatic rings. The molecule has 1 amide bonds. The Balaban J connectivity index is 1.84. The number of rotatable bonds is 13. The smallest absolute Gasteiger partial charge is 0.305 e. The molecular formula is C28H32F4N2O7. The number of Topliss-reactive ketones (excluding diaryl/α,β-unsaturated/α-hetero) is 1. The van der Waals surface area contributed by atoms with Crippen molar-refractivity contribution in [1.82, 2.24) is 10.6 Å². The first-order chi connectivity index (χ1) is 19.4. The van der Waals surface area contributed by atoms with Crippen LogP contribution in [0.4, 0.5) is 17.6 Å². The molecule has 41 heavy (non-hydrogen) atoms. The number of methoxy groups -OCH3 is 1. The monoisotopic (exact) mass is 584 g/mol. The standard InChI is InChI=1S/C28H32F4N2O7/c1-15(2)25(34-28(10-6-7-11-41-28)16-8-4-5-9-21(16)39-3)27(38)33-19(13-22(36)37)20(35)14-40-26-23(31)17(29)12-18(30)24(26)32/h4-5,8-9,12,15,19,25,34H,6-7,10-11,13-14H2,1-3H3,(H,33,38)(H,36,37)/t19-,25-,28?/m0/s1. The molecule has 1 fully saturated rings. The van der Waals surface area contributed by atoms with Crippen LogP contribution in [0.3, 0.4) is 0 Å². The van der Waals surface area contributed by atoms with Crippen molar-refractivity contribution in [3.05, 3.63) is 59.2 Å². The van der Waals surface area contributed by atoms with Crippen LogP contribution >= 0.6 is 0 Å². The van der Waals surface area contributed by atoms with Crippen molar-refractivity contribution < 1.29 is 51.3 Å². The normalized spacial score (nSPS) is 18.4. The molecule has 224 valence electrons. The minimum absolute atomic E-state index is 0.0281. The minimum Gasteiger partial charge on any atom is -0.496 e. The zero-order chi connectivity index (χ0) is 30.3. The number of hydrogen-bond donors (Lipinski definition) is 3. The van der Waals surface area contributed by atoms with Crippen molar-refractivity contribution in [3.63, 3.8) is 0 Å². The third-order valence-electron chi connectivity index (χ3n) is 6.67. The highest BCUT2D eigenvalue weighted by atomic mass is 19.2. The molecule has 3 N–H and O–H groups in total. The van der Waals surface area contributed by atoms with Gasteiger partial charge in [-0.3, -0.25) is 19.7 Å². The molecule has 1 heterocycles. The van der Waals surface area contributed by atoms with Crippen molar-refractivity contribution in [1.29, 1.82) is 0 Å². The lowest BCUT2D eigenvalue weighted by atomic mass is 9.90. The molecule has 2 aromatic carbocycles. The number of ether oxygens (including phenoxy) is 3. The number of aliphatic carboxylic acids is 1. The number of carboxylic acids is 1. The maximum atomic E-state index is 14.0. The summed E-state index contributed by atoms with van der Waals surface area (Å²) in [5, 5.41) is 15.0. The van der Waals surface area contributed by atoms with Crippen molar-refractivity contribution in [2.75, 3.05) is 20.3 Å². The summed E-state index contributed by atoms with van der Waals surface area (Å²) in [6, 6.07) is 4.40. The SMILES string of the molecule is COc1ccccc1C1(N[C@H](C(=O)N[C@@H](CC(=O)O)C(=O)COc2c(F)c(F)cc(F)c2F)C(C)C)CCCCO1. The molecule has 1 unspecified atom stereocenters. The van der Waals surface area contributed by atoms with E-state index in [-0.39, 0.29) is 12.0 Å². The van der Waals surface area contributed by atoms with Crippen LogP contribution < -0.4 is 20.1 Å². The summed E-state index contributed by atoms with van der Waals surface area (Å²) in [6.07, 6.45) is 1.15. The highest BCUT2D eigenvalue weighted by molar-refractivity contribution is 5.94. The van der Waals surface area contributed by atoms with Crippen LogP contribution in [0.25, 0.3) is 0 Å². The summed E-state index contributed by atoms with van der Waals surface area (Å²) in [5.41, 5.74) is -0.484. The van der Waals surface area contributed by atoms with Gasteiger partial charge in [-0.1, -0.05) is 32.0 Å². The van der Waals surface area contributed by atoms with E-state index in [1.54, 1.807) is 38.1 Å². The van der Waals surface area contributed by atoms with Gasteiger partial charge in [-0.2, -0.15) is 8.78 Å². The van der Waals surface area contributed by atoms with Gasteiger partial charge in [0.05, 0.1) is 19.6 Å². The molecule has 0 radical (unpaired) electrons. The molecule has 1 saturated heterocycles. The van der Waals surface area contributed by atoms with Gasteiger partial charge in [0.25, 0.3) is 0 Å². The van der Waals surface area contributed by atoms with E-state index in [2.05, 4.69) is 10.6 Å². The topological polar surface area (TPSA) is 123 Å². The van der Waals surface area contributed by atoms with Crippen LogP contribution in [0.2, 0.25) is 0 Å². The summed E-state index contributed by atoms with van der Waals surface area (Å²) in [4.78, 5) is 37.8. The van der Waals surface area contributed by atoms with E-state index in [1.165, 1.54) is 7.11 Å². The van der Waals surface area contributed by atoms with Crippen LogP contribution in [-0.2, 0) is 24.8 Å². The predicted octanol–water partition coefficient (Wildman–Crippen LogP) is 3.83. The quantitative estimate of drug-likeness (QED) is 0.240. The number of nitrogens with one attached hydrogen (secondary N) is 2. The predicted molar refractivity (Wildman–Crippen MR) is 137 cm³/mol. The van der Waals surface area contributed by atoms with Crippen LogP contribution in [-0.4, -0.2) is 55.2 Å². The van der Waals surface area contributed by atoms with Gasteiger partial charge < -0.3 is 24.6 Å². The van der Waals surface area contributed by atoms with E-state index in [0.717, 1.165) is 12.8 Å². The number of carbonyl (C=O) groups is 3. The lowest BCUT2D eigenvalue weighted by Gasteiger charge is -2.42. The Morgan fingerprint density at radius 2 is 1.73 bits per heavy atom. The second-order valence-corrected chi connectivity index (χ2v) is 9.91.